The normalized spacial score (nSPS) is 18.3. The zero-order chi connectivity index (χ0) is 12.0. The molecule has 2 rings (SSSR count). The minimum Gasteiger partial charge on any atom is -0.496 e. The minimum atomic E-state index is -4.40. The van der Waals surface area contributed by atoms with E-state index in [4.69, 9.17) is 4.74 Å². The number of aliphatic hydroxyl groups is 1. The molecular formula is C11H11F3O2. The monoisotopic (exact) mass is 232 g/mol. The van der Waals surface area contributed by atoms with Crippen LogP contribution in [-0.4, -0.2) is 12.2 Å². The Hall–Kier alpha value is -1.23. The lowest BCUT2D eigenvalue weighted by Gasteiger charge is -2.16. The van der Waals surface area contributed by atoms with Gasteiger partial charge in [-0.05, 0) is 31.0 Å². The molecule has 0 bridgehead atoms. The molecule has 0 aromatic heterocycles. The fourth-order valence-corrected chi connectivity index (χ4v) is 1.64. The summed E-state index contributed by atoms with van der Waals surface area (Å²) in [7, 11) is 1.37. The summed E-state index contributed by atoms with van der Waals surface area (Å²) in [6, 6.07) is 3.16. The van der Waals surface area contributed by atoms with Gasteiger partial charge in [0.25, 0.3) is 0 Å². The molecule has 16 heavy (non-hydrogen) atoms. The average Bonchev–Trinajstić information content (AvgIpc) is 2.95. The van der Waals surface area contributed by atoms with Crippen molar-refractivity contribution in [1.29, 1.82) is 0 Å². The molecule has 0 aliphatic heterocycles. The van der Waals surface area contributed by atoms with Crippen molar-refractivity contribution in [1.82, 2.24) is 0 Å². The van der Waals surface area contributed by atoms with Gasteiger partial charge in [0, 0.05) is 5.56 Å². The second kappa shape index (κ2) is 3.38. The summed E-state index contributed by atoms with van der Waals surface area (Å²) in [6.45, 7) is 0. The van der Waals surface area contributed by atoms with E-state index in [2.05, 4.69) is 0 Å². The molecule has 1 aromatic rings. The number of rotatable bonds is 2. The van der Waals surface area contributed by atoms with Gasteiger partial charge in [-0.25, -0.2) is 0 Å². The van der Waals surface area contributed by atoms with E-state index >= 15 is 0 Å². The molecule has 2 nitrogen and oxygen atoms in total. The molecule has 88 valence electrons. The van der Waals surface area contributed by atoms with Gasteiger partial charge in [-0.15, -0.1) is 0 Å². The topological polar surface area (TPSA) is 29.5 Å². The molecule has 0 saturated heterocycles. The lowest BCUT2D eigenvalue weighted by molar-refractivity contribution is -0.137. The molecule has 0 radical (unpaired) electrons. The maximum absolute atomic E-state index is 12.5. The summed E-state index contributed by atoms with van der Waals surface area (Å²) in [4.78, 5) is 0. The molecule has 1 fully saturated rings. The van der Waals surface area contributed by atoms with Gasteiger partial charge >= 0.3 is 6.18 Å². The number of methoxy groups -OCH3 is 1. The second-order valence-electron chi connectivity index (χ2n) is 3.94. The Morgan fingerprint density at radius 1 is 1.31 bits per heavy atom. The third-order valence-electron chi connectivity index (χ3n) is 2.75. The molecule has 1 aliphatic rings. The molecule has 0 amide bonds. The molecule has 1 aromatic carbocycles. The van der Waals surface area contributed by atoms with E-state index in [-0.39, 0.29) is 5.56 Å². The zero-order valence-corrected chi connectivity index (χ0v) is 8.64. The van der Waals surface area contributed by atoms with E-state index in [0.717, 1.165) is 12.1 Å². The summed E-state index contributed by atoms with van der Waals surface area (Å²) in [5.41, 5.74) is -1.67. The maximum atomic E-state index is 12.5. The van der Waals surface area contributed by atoms with Crippen LogP contribution >= 0.6 is 0 Å². The highest BCUT2D eigenvalue weighted by Gasteiger charge is 2.45. The highest BCUT2D eigenvalue weighted by atomic mass is 19.4. The van der Waals surface area contributed by atoms with E-state index in [1.54, 1.807) is 0 Å². The van der Waals surface area contributed by atoms with Crippen molar-refractivity contribution in [2.75, 3.05) is 7.11 Å². The largest absolute Gasteiger partial charge is 0.496 e. The average molecular weight is 232 g/mol. The summed E-state index contributed by atoms with van der Waals surface area (Å²) >= 11 is 0. The first kappa shape index (κ1) is 11.3. The third kappa shape index (κ3) is 1.87. The fraction of sp³-hybridized carbons (Fsp3) is 0.455. The van der Waals surface area contributed by atoms with Crippen molar-refractivity contribution in [3.8, 4) is 5.75 Å². The lowest BCUT2D eigenvalue weighted by Crippen LogP contribution is -2.11. The quantitative estimate of drug-likeness (QED) is 0.849. The van der Waals surface area contributed by atoms with Gasteiger partial charge in [0.05, 0.1) is 18.3 Å². The van der Waals surface area contributed by atoms with Crippen molar-refractivity contribution >= 4 is 0 Å². The minimum absolute atomic E-state index is 0.227. The van der Waals surface area contributed by atoms with E-state index < -0.39 is 17.3 Å². The van der Waals surface area contributed by atoms with Crippen LogP contribution in [-0.2, 0) is 11.8 Å². The first-order valence-corrected chi connectivity index (χ1v) is 4.85. The number of hydrogen-bond donors (Lipinski definition) is 1. The Kier molecular flexibility index (Phi) is 2.38. The van der Waals surface area contributed by atoms with Crippen LogP contribution in [0.15, 0.2) is 18.2 Å². The van der Waals surface area contributed by atoms with Gasteiger partial charge in [-0.3, -0.25) is 0 Å². The maximum Gasteiger partial charge on any atom is 0.416 e. The Balaban J connectivity index is 2.48. The van der Waals surface area contributed by atoms with Crippen molar-refractivity contribution in [2.45, 2.75) is 24.6 Å². The predicted octanol–water partition coefficient (Wildman–Crippen LogP) is 2.70. The predicted molar refractivity (Wildman–Crippen MR) is 51.1 cm³/mol. The molecular weight excluding hydrogens is 221 g/mol. The molecule has 0 heterocycles. The molecule has 1 saturated carbocycles. The van der Waals surface area contributed by atoms with E-state index in [1.807, 2.05) is 0 Å². The van der Waals surface area contributed by atoms with Crippen molar-refractivity contribution in [2.24, 2.45) is 0 Å². The zero-order valence-electron chi connectivity index (χ0n) is 8.64. The third-order valence-corrected chi connectivity index (χ3v) is 2.75. The molecule has 5 heteroatoms. The summed E-state index contributed by atoms with van der Waals surface area (Å²) in [5, 5.41) is 9.85. The van der Waals surface area contributed by atoms with Crippen LogP contribution in [0, 0.1) is 0 Å². The van der Waals surface area contributed by atoms with E-state index in [9.17, 15) is 18.3 Å². The van der Waals surface area contributed by atoms with E-state index in [1.165, 1.54) is 13.2 Å². The van der Waals surface area contributed by atoms with Crippen molar-refractivity contribution < 1.29 is 23.0 Å². The van der Waals surface area contributed by atoms with Crippen LogP contribution in [0.3, 0.4) is 0 Å². The smallest absolute Gasteiger partial charge is 0.416 e. The Morgan fingerprint density at radius 3 is 2.38 bits per heavy atom. The molecule has 1 aliphatic carbocycles. The van der Waals surface area contributed by atoms with Crippen molar-refractivity contribution in [3.05, 3.63) is 29.3 Å². The first-order valence-electron chi connectivity index (χ1n) is 4.85. The van der Waals surface area contributed by atoms with Gasteiger partial charge in [-0.1, -0.05) is 0 Å². The van der Waals surface area contributed by atoms with Crippen LogP contribution < -0.4 is 4.74 Å². The molecule has 0 unspecified atom stereocenters. The number of halogens is 3. The molecule has 0 spiro atoms. The van der Waals surface area contributed by atoms with Gasteiger partial charge < -0.3 is 9.84 Å². The highest BCUT2D eigenvalue weighted by molar-refractivity contribution is 5.44. The van der Waals surface area contributed by atoms with Gasteiger partial charge in [0.2, 0.25) is 0 Å². The number of ether oxygens (including phenoxy) is 1. The standard InChI is InChI=1S/C11H11F3O2/c1-16-9-3-2-7(11(12,13)14)6-8(9)10(15)4-5-10/h2-3,6,15H,4-5H2,1H3. The highest BCUT2D eigenvalue weighted by Crippen LogP contribution is 2.49. The van der Waals surface area contributed by atoms with Gasteiger partial charge in [0.15, 0.2) is 0 Å². The first-order chi connectivity index (χ1) is 7.37. The van der Waals surface area contributed by atoms with Crippen LogP contribution in [0.5, 0.6) is 5.75 Å². The number of hydrogen-bond acceptors (Lipinski definition) is 2. The summed E-state index contributed by atoms with van der Waals surface area (Å²) in [6.07, 6.45) is -3.44. The summed E-state index contributed by atoms with van der Waals surface area (Å²) in [5.74, 6) is 0.299. The number of benzene rings is 1. The molecule has 1 N–H and O–H groups in total. The van der Waals surface area contributed by atoms with Gasteiger partial charge in [-0.2, -0.15) is 13.2 Å². The van der Waals surface area contributed by atoms with Crippen LogP contribution in [0.2, 0.25) is 0 Å². The number of alkyl halides is 3. The van der Waals surface area contributed by atoms with E-state index in [0.29, 0.717) is 18.6 Å². The van der Waals surface area contributed by atoms with Crippen LogP contribution in [0.4, 0.5) is 13.2 Å². The SMILES string of the molecule is COc1ccc(C(F)(F)F)cc1C1(O)CC1. The van der Waals surface area contributed by atoms with Gasteiger partial charge in [0.1, 0.15) is 5.75 Å². The Bertz CT molecular complexity index is 408. The molecule has 0 atom stereocenters. The van der Waals surface area contributed by atoms with Crippen molar-refractivity contribution in [3.63, 3.8) is 0 Å². The van der Waals surface area contributed by atoms with Crippen LogP contribution in [0.1, 0.15) is 24.0 Å². The fourth-order valence-electron chi connectivity index (χ4n) is 1.64. The van der Waals surface area contributed by atoms with Crippen LogP contribution in [0.25, 0.3) is 0 Å². The Labute approximate surface area is 90.7 Å². The lowest BCUT2D eigenvalue weighted by atomic mass is 10.0. The Morgan fingerprint density at radius 2 is 1.94 bits per heavy atom. The summed E-state index contributed by atoms with van der Waals surface area (Å²) < 4.78 is 42.4. The second-order valence-corrected chi connectivity index (χ2v) is 3.94.